The molecule has 7 nitrogen and oxygen atoms in total. The zero-order chi connectivity index (χ0) is 19.5. The molecule has 2 heterocycles. The summed E-state index contributed by atoms with van der Waals surface area (Å²) < 4.78 is 0. The predicted molar refractivity (Wildman–Crippen MR) is 114 cm³/mol. The molecule has 0 saturated carbocycles. The largest absolute Gasteiger partial charge is 0.369 e. The first-order chi connectivity index (χ1) is 13.2. The van der Waals surface area contributed by atoms with Gasteiger partial charge in [0.1, 0.15) is 5.82 Å². The Kier molecular flexibility index (Phi) is 9.24. The van der Waals surface area contributed by atoms with E-state index in [1.807, 2.05) is 17.8 Å². The van der Waals surface area contributed by atoms with Crippen LogP contribution in [0.2, 0.25) is 0 Å². The average Bonchev–Trinajstić information content (AvgIpc) is 2.70. The van der Waals surface area contributed by atoms with Gasteiger partial charge in [-0.2, -0.15) is 11.8 Å². The molecular weight excluding hydrogens is 360 g/mol. The van der Waals surface area contributed by atoms with E-state index in [0.29, 0.717) is 13.1 Å². The molecule has 1 fully saturated rings. The summed E-state index contributed by atoms with van der Waals surface area (Å²) in [7, 11) is 1.78. The highest BCUT2D eigenvalue weighted by atomic mass is 32.2. The first-order valence-electron chi connectivity index (χ1n) is 9.57. The van der Waals surface area contributed by atoms with Crippen LogP contribution in [0.25, 0.3) is 0 Å². The Bertz CT molecular complexity index is 624. The van der Waals surface area contributed by atoms with Crippen molar-refractivity contribution in [2.45, 2.75) is 32.2 Å². The van der Waals surface area contributed by atoms with Gasteiger partial charge < -0.3 is 21.3 Å². The quantitative estimate of drug-likeness (QED) is 0.336. The van der Waals surface area contributed by atoms with Crippen LogP contribution in [0.3, 0.4) is 0 Å². The number of hydrogen-bond donors (Lipinski definition) is 3. The number of nitrogens with one attached hydrogen (secondary N) is 2. The van der Waals surface area contributed by atoms with Crippen molar-refractivity contribution in [1.82, 2.24) is 15.6 Å². The number of primary amides is 1. The summed E-state index contributed by atoms with van der Waals surface area (Å²) in [5.41, 5.74) is 6.61. The highest BCUT2D eigenvalue weighted by Crippen LogP contribution is 2.24. The molecule has 150 valence electrons. The summed E-state index contributed by atoms with van der Waals surface area (Å²) in [5.74, 6) is 2.59. The zero-order valence-electron chi connectivity index (χ0n) is 16.4. The third kappa shape index (κ3) is 6.93. The molecule has 1 aliphatic rings. The van der Waals surface area contributed by atoms with Crippen molar-refractivity contribution < 1.29 is 4.79 Å². The highest BCUT2D eigenvalue weighted by molar-refractivity contribution is 7.98. The number of amides is 1. The molecule has 1 aliphatic heterocycles. The number of unbranched alkanes of at least 4 members (excludes halogenated alkanes) is 1. The monoisotopic (exact) mass is 392 g/mol. The second-order valence-electron chi connectivity index (χ2n) is 6.73. The number of rotatable bonds is 9. The second kappa shape index (κ2) is 11.7. The van der Waals surface area contributed by atoms with Gasteiger partial charge in [-0.1, -0.05) is 6.07 Å². The highest BCUT2D eigenvalue weighted by Gasteiger charge is 2.25. The fourth-order valence-corrected chi connectivity index (χ4v) is 3.73. The first-order valence-corrected chi connectivity index (χ1v) is 11.0. The van der Waals surface area contributed by atoms with Gasteiger partial charge in [-0.3, -0.25) is 9.79 Å². The topological polar surface area (TPSA) is 95.6 Å². The molecule has 0 spiro atoms. The molecule has 0 aliphatic carbocycles. The Morgan fingerprint density at radius 3 is 3.04 bits per heavy atom. The van der Waals surface area contributed by atoms with Crippen molar-refractivity contribution in [3.05, 3.63) is 23.9 Å². The molecule has 2 rings (SSSR count). The van der Waals surface area contributed by atoms with Crippen molar-refractivity contribution in [3.63, 3.8) is 0 Å². The van der Waals surface area contributed by atoms with E-state index in [0.717, 1.165) is 49.7 Å². The number of aromatic nitrogens is 1. The molecule has 4 N–H and O–H groups in total. The molecule has 27 heavy (non-hydrogen) atoms. The lowest BCUT2D eigenvalue weighted by atomic mass is 9.97. The molecular formula is C19H32N6OS. The van der Waals surface area contributed by atoms with E-state index in [2.05, 4.69) is 37.8 Å². The third-order valence-corrected chi connectivity index (χ3v) is 5.43. The molecule has 0 bridgehead atoms. The maximum absolute atomic E-state index is 11.6. The number of aliphatic imine (C=N–C) groups is 1. The Morgan fingerprint density at radius 2 is 2.30 bits per heavy atom. The first kappa shape index (κ1) is 21.3. The van der Waals surface area contributed by atoms with Crippen molar-refractivity contribution in [2.24, 2.45) is 16.6 Å². The van der Waals surface area contributed by atoms with Crippen LogP contribution in [-0.4, -0.2) is 55.5 Å². The number of pyridine rings is 1. The van der Waals surface area contributed by atoms with Gasteiger partial charge in [0.2, 0.25) is 5.91 Å². The van der Waals surface area contributed by atoms with Crippen molar-refractivity contribution in [1.29, 1.82) is 0 Å². The molecule has 1 aromatic rings. The summed E-state index contributed by atoms with van der Waals surface area (Å²) in [6.45, 7) is 3.08. The Balaban J connectivity index is 1.92. The molecule has 0 aromatic carbocycles. The fraction of sp³-hybridized carbons (Fsp3) is 0.632. The van der Waals surface area contributed by atoms with E-state index in [1.54, 1.807) is 13.2 Å². The van der Waals surface area contributed by atoms with E-state index in [4.69, 9.17) is 5.73 Å². The fourth-order valence-electron chi connectivity index (χ4n) is 3.23. The maximum atomic E-state index is 11.6. The van der Waals surface area contributed by atoms with Crippen LogP contribution in [0.5, 0.6) is 0 Å². The number of anilines is 1. The van der Waals surface area contributed by atoms with Gasteiger partial charge >= 0.3 is 0 Å². The SMILES string of the molecule is CN=C(NCCCCSC)NCc1cccnc1N1CCCC(C(N)=O)C1. The predicted octanol–water partition coefficient (Wildman–Crippen LogP) is 1.59. The summed E-state index contributed by atoms with van der Waals surface area (Å²) in [6, 6.07) is 4.00. The Hall–Kier alpha value is -1.96. The molecule has 1 unspecified atom stereocenters. The molecule has 1 atom stereocenters. The van der Waals surface area contributed by atoms with Crippen LogP contribution in [-0.2, 0) is 11.3 Å². The standard InChI is InChI=1S/C19H32N6OS/c1-21-19(23-9-3-4-12-27-2)24-13-15-7-5-10-22-18(15)25-11-6-8-16(14-25)17(20)26/h5,7,10,16H,3-4,6,8-9,11-14H2,1-2H3,(H2,20,26)(H2,21,23,24). The van der Waals surface area contributed by atoms with E-state index in [1.165, 1.54) is 12.2 Å². The van der Waals surface area contributed by atoms with E-state index in [-0.39, 0.29) is 11.8 Å². The van der Waals surface area contributed by atoms with E-state index in [9.17, 15) is 4.79 Å². The minimum atomic E-state index is -0.221. The minimum absolute atomic E-state index is 0.0997. The van der Waals surface area contributed by atoms with E-state index < -0.39 is 0 Å². The van der Waals surface area contributed by atoms with Gasteiger partial charge in [0.15, 0.2) is 5.96 Å². The van der Waals surface area contributed by atoms with Crippen LogP contribution < -0.4 is 21.3 Å². The smallest absolute Gasteiger partial charge is 0.222 e. The normalized spacial score (nSPS) is 17.6. The average molecular weight is 393 g/mol. The Morgan fingerprint density at radius 1 is 1.44 bits per heavy atom. The molecule has 0 radical (unpaired) electrons. The van der Waals surface area contributed by atoms with Crippen LogP contribution in [0, 0.1) is 5.92 Å². The number of piperidine rings is 1. The number of thioether (sulfide) groups is 1. The molecule has 1 amide bonds. The summed E-state index contributed by atoms with van der Waals surface area (Å²) in [4.78, 5) is 22.6. The lowest BCUT2D eigenvalue weighted by Gasteiger charge is -2.33. The minimum Gasteiger partial charge on any atom is -0.369 e. The second-order valence-corrected chi connectivity index (χ2v) is 7.71. The van der Waals surface area contributed by atoms with Gasteiger partial charge in [0.05, 0.1) is 5.92 Å². The molecule has 1 aromatic heterocycles. The zero-order valence-corrected chi connectivity index (χ0v) is 17.2. The van der Waals surface area contributed by atoms with Crippen LogP contribution in [0.4, 0.5) is 5.82 Å². The van der Waals surface area contributed by atoms with Gasteiger partial charge in [-0.05, 0) is 43.8 Å². The lowest BCUT2D eigenvalue weighted by molar-refractivity contribution is -0.122. The number of nitrogens with two attached hydrogens (primary N) is 1. The summed E-state index contributed by atoms with van der Waals surface area (Å²) in [6.07, 6.45) is 8.07. The lowest BCUT2D eigenvalue weighted by Crippen LogP contribution is -2.42. The van der Waals surface area contributed by atoms with Gasteiger partial charge in [0, 0.05) is 45.0 Å². The Labute approximate surface area is 166 Å². The number of carbonyl (C=O) groups is 1. The molecule has 8 heteroatoms. The number of hydrogen-bond acceptors (Lipinski definition) is 5. The molecule has 1 saturated heterocycles. The van der Waals surface area contributed by atoms with Gasteiger partial charge in [-0.15, -0.1) is 0 Å². The van der Waals surface area contributed by atoms with Crippen molar-refractivity contribution in [3.8, 4) is 0 Å². The van der Waals surface area contributed by atoms with Crippen LogP contribution in [0.1, 0.15) is 31.2 Å². The maximum Gasteiger partial charge on any atom is 0.222 e. The third-order valence-electron chi connectivity index (χ3n) is 4.73. The van der Waals surface area contributed by atoms with Gasteiger partial charge in [0.25, 0.3) is 0 Å². The number of nitrogens with zero attached hydrogens (tertiary/aromatic N) is 3. The van der Waals surface area contributed by atoms with Crippen LogP contribution >= 0.6 is 11.8 Å². The van der Waals surface area contributed by atoms with Crippen molar-refractivity contribution >= 4 is 29.4 Å². The van der Waals surface area contributed by atoms with Crippen molar-refractivity contribution in [2.75, 3.05) is 43.6 Å². The number of carbonyl (C=O) groups excluding carboxylic acids is 1. The van der Waals surface area contributed by atoms with Crippen LogP contribution in [0.15, 0.2) is 23.3 Å². The summed E-state index contributed by atoms with van der Waals surface area (Å²) in [5, 5.41) is 6.72. The summed E-state index contributed by atoms with van der Waals surface area (Å²) >= 11 is 1.88. The van der Waals surface area contributed by atoms with E-state index >= 15 is 0 Å². The number of guanidine groups is 1. The van der Waals surface area contributed by atoms with Gasteiger partial charge in [-0.25, -0.2) is 4.98 Å².